The van der Waals surface area contributed by atoms with Crippen LogP contribution < -0.4 is 0 Å². The quantitative estimate of drug-likeness (QED) is 0.560. The number of hydrogen-bond acceptors (Lipinski definition) is 1. The number of rotatable bonds is 1. The summed E-state index contributed by atoms with van der Waals surface area (Å²) in [6.07, 6.45) is 6.61. The maximum absolute atomic E-state index is 4.70. The Morgan fingerprint density at radius 1 is 1.21 bits per heavy atom. The van der Waals surface area contributed by atoms with Crippen molar-refractivity contribution in [2.24, 2.45) is 7.05 Å². The monoisotopic (exact) mass is 225 g/mol. The van der Waals surface area contributed by atoms with E-state index in [0.29, 0.717) is 0 Å². The van der Waals surface area contributed by atoms with Crippen molar-refractivity contribution >= 4 is 31.6 Å². The largest absolute Gasteiger partial charge is 0.349 e. The third-order valence-electron chi connectivity index (χ3n) is 2.40. The Hall–Kier alpha value is -0.540. The average Bonchev–Trinajstić information content (AvgIpc) is 2.44. The molecule has 0 amide bonds. The summed E-state index contributed by atoms with van der Waals surface area (Å²) >= 11 is 4.70. The highest BCUT2D eigenvalue weighted by Gasteiger charge is 2.15. The van der Waals surface area contributed by atoms with Gasteiger partial charge in [-0.25, -0.2) is 0 Å². The Balaban J connectivity index is 2.80. The number of hydrogen-bond donors (Lipinski definition) is 1. The minimum atomic E-state index is -0.935. The highest BCUT2D eigenvalue weighted by Crippen LogP contribution is 2.56. The molecule has 0 unspecified atom stereocenters. The molecule has 0 atom stereocenters. The molecule has 0 saturated heterocycles. The van der Waals surface area contributed by atoms with Crippen LogP contribution in [0.3, 0.4) is 0 Å². The molecular formula is C11H15NS2. The third-order valence-corrected chi connectivity index (χ3v) is 4.39. The van der Waals surface area contributed by atoms with E-state index in [1.807, 2.05) is 0 Å². The molecule has 0 aliphatic rings. The van der Waals surface area contributed by atoms with Gasteiger partial charge in [-0.1, -0.05) is 18.2 Å². The average molecular weight is 225 g/mol. The van der Waals surface area contributed by atoms with E-state index in [-0.39, 0.29) is 0 Å². The fourth-order valence-corrected chi connectivity index (χ4v) is 3.27. The van der Waals surface area contributed by atoms with E-state index in [4.69, 9.17) is 11.7 Å². The number of thiol groups is 1. The van der Waals surface area contributed by atoms with Crippen molar-refractivity contribution in [1.82, 2.24) is 4.57 Å². The van der Waals surface area contributed by atoms with Gasteiger partial charge in [0.1, 0.15) is 0 Å². The summed E-state index contributed by atoms with van der Waals surface area (Å²) in [4.78, 5) is 1.37. The Kier molecular flexibility index (Phi) is 2.32. The molecule has 14 heavy (non-hydrogen) atoms. The molecule has 1 nitrogen and oxygen atoms in total. The van der Waals surface area contributed by atoms with E-state index < -0.39 is 9.06 Å². The molecule has 1 heterocycles. The maximum atomic E-state index is 4.70. The van der Waals surface area contributed by atoms with E-state index in [0.717, 1.165) is 0 Å². The lowest BCUT2D eigenvalue weighted by molar-refractivity contribution is 0.957. The summed E-state index contributed by atoms with van der Waals surface area (Å²) in [5.41, 5.74) is 1.29. The zero-order chi connectivity index (χ0) is 10.3. The summed E-state index contributed by atoms with van der Waals surface area (Å²) < 4.78 is 2.18. The van der Waals surface area contributed by atoms with E-state index in [1.165, 1.54) is 15.8 Å². The number of aryl methyl sites for hydroxylation is 1. The summed E-state index contributed by atoms with van der Waals surface area (Å²) in [6, 6.07) is 8.49. The van der Waals surface area contributed by atoms with Crippen molar-refractivity contribution in [3.8, 4) is 0 Å². The van der Waals surface area contributed by atoms with Gasteiger partial charge in [0.05, 0.1) is 0 Å². The SMILES string of the molecule is Cn1cc(S(C)(C)S)c2ccccc21. The van der Waals surface area contributed by atoms with Crippen LogP contribution in [0.5, 0.6) is 0 Å². The van der Waals surface area contributed by atoms with Crippen LogP contribution in [0.2, 0.25) is 0 Å². The molecule has 0 saturated carbocycles. The van der Waals surface area contributed by atoms with Crippen molar-refractivity contribution in [2.75, 3.05) is 12.5 Å². The standard InChI is InChI=1S/C11H15NS2/c1-12-8-11(14(2,3)13)9-6-4-5-7-10(9)12/h4-8,13H,1-3H3. The number of benzene rings is 1. The van der Waals surface area contributed by atoms with Crippen LogP contribution >= 0.6 is 20.7 Å². The van der Waals surface area contributed by atoms with Gasteiger partial charge in [0, 0.05) is 29.0 Å². The van der Waals surface area contributed by atoms with Crippen LogP contribution in [0, 0.1) is 0 Å². The van der Waals surface area contributed by atoms with Gasteiger partial charge in [-0.15, -0.1) is 11.7 Å². The van der Waals surface area contributed by atoms with Gasteiger partial charge >= 0.3 is 0 Å². The second-order valence-corrected chi connectivity index (χ2v) is 9.62. The van der Waals surface area contributed by atoms with Crippen molar-refractivity contribution in [1.29, 1.82) is 0 Å². The highest BCUT2D eigenvalue weighted by molar-refractivity contribution is 8.87. The molecular weight excluding hydrogens is 210 g/mol. The molecule has 0 spiro atoms. The zero-order valence-corrected chi connectivity index (χ0v) is 10.4. The number of nitrogens with zero attached hydrogens (tertiary/aromatic N) is 1. The van der Waals surface area contributed by atoms with Crippen LogP contribution in [0.25, 0.3) is 10.9 Å². The summed E-state index contributed by atoms with van der Waals surface area (Å²) in [6.45, 7) is 0. The normalized spacial score (nSPS) is 13.4. The Bertz CT molecular complexity index is 466. The summed E-state index contributed by atoms with van der Waals surface area (Å²) in [5, 5.41) is 1.34. The minimum Gasteiger partial charge on any atom is -0.349 e. The molecule has 0 fully saturated rings. The second-order valence-electron chi connectivity index (χ2n) is 3.89. The minimum absolute atomic E-state index is 0.935. The molecule has 1 aromatic heterocycles. The van der Waals surface area contributed by atoms with Gasteiger partial charge in [-0.3, -0.25) is 0 Å². The van der Waals surface area contributed by atoms with E-state index in [9.17, 15) is 0 Å². The lowest BCUT2D eigenvalue weighted by Crippen LogP contribution is -1.85. The van der Waals surface area contributed by atoms with E-state index in [1.54, 1.807) is 0 Å². The second kappa shape index (κ2) is 3.24. The van der Waals surface area contributed by atoms with Crippen LogP contribution in [-0.2, 0) is 7.05 Å². The molecule has 76 valence electrons. The van der Waals surface area contributed by atoms with E-state index >= 15 is 0 Å². The van der Waals surface area contributed by atoms with Gasteiger partial charge in [0.15, 0.2) is 0 Å². The van der Waals surface area contributed by atoms with Crippen LogP contribution in [0.1, 0.15) is 0 Å². The fourth-order valence-electron chi connectivity index (χ4n) is 1.70. The van der Waals surface area contributed by atoms with Crippen molar-refractivity contribution in [3.05, 3.63) is 30.5 Å². The first-order chi connectivity index (χ1) is 6.50. The Morgan fingerprint density at radius 2 is 1.86 bits per heavy atom. The van der Waals surface area contributed by atoms with E-state index in [2.05, 4.69) is 54.6 Å². The number of para-hydroxylation sites is 1. The molecule has 1 aromatic carbocycles. The predicted molar refractivity (Wildman–Crippen MR) is 69.6 cm³/mol. The molecule has 0 bridgehead atoms. The number of aromatic nitrogens is 1. The Morgan fingerprint density at radius 3 is 2.50 bits per heavy atom. The van der Waals surface area contributed by atoms with Gasteiger partial charge in [0.2, 0.25) is 0 Å². The molecule has 3 heteroatoms. The van der Waals surface area contributed by atoms with Gasteiger partial charge < -0.3 is 4.57 Å². The summed E-state index contributed by atoms with van der Waals surface area (Å²) in [5.74, 6) is 0. The van der Waals surface area contributed by atoms with Gasteiger partial charge in [-0.05, 0) is 18.6 Å². The fraction of sp³-hybridized carbons (Fsp3) is 0.273. The predicted octanol–water partition coefficient (Wildman–Crippen LogP) is 3.45. The zero-order valence-electron chi connectivity index (χ0n) is 8.69. The lowest BCUT2D eigenvalue weighted by Gasteiger charge is -2.22. The van der Waals surface area contributed by atoms with Crippen molar-refractivity contribution in [2.45, 2.75) is 4.90 Å². The van der Waals surface area contributed by atoms with Gasteiger partial charge in [-0.2, -0.15) is 9.06 Å². The topological polar surface area (TPSA) is 4.93 Å². The van der Waals surface area contributed by atoms with Gasteiger partial charge in [0.25, 0.3) is 0 Å². The smallest absolute Gasteiger partial charge is 0.0489 e. The molecule has 0 aliphatic carbocycles. The Labute approximate surface area is 91.2 Å². The maximum Gasteiger partial charge on any atom is 0.0489 e. The third kappa shape index (κ3) is 1.55. The van der Waals surface area contributed by atoms with Crippen LogP contribution in [0.15, 0.2) is 35.4 Å². The molecule has 0 radical (unpaired) electrons. The molecule has 0 N–H and O–H groups in total. The first-order valence-electron chi connectivity index (χ1n) is 4.50. The summed E-state index contributed by atoms with van der Waals surface area (Å²) in [7, 11) is 1.15. The highest BCUT2D eigenvalue weighted by atomic mass is 33.1. The van der Waals surface area contributed by atoms with Crippen molar-refractivity contribution < 1.29 is 0 Å². The first kappa shape index (κ1) is 9.99. The molecule has 2 rings (SSSR count). The molecule has 0 aliphatic heterocycles. The first-order valence-corrected chi connectivity index (χ1v) is 8.00. The lowest BCUT2D eigenvalue weighted by atomic mass is 10.2. The number of fused-ring (bicyclic) bond motifs is 1. The van der Waals surface area contributed by atoms with Crippen LogP contribution in [0.4, 0.5) is 0 Å². The van der Waals surface area contributed by atoms with Crippen LogP contribution in [-0.4, -0.2) is 17.1 Å². The molecule has 2 aromatic rings. The van der Waals surface area contributed by atoms with Crippen molar-refractivity contribution in [3.63, 3.8) is 0 Å².